The number of aromatic nitrogens is 1. The Balaban J connectivity index is 1.56. The van der Waals surface area contributed by atoms with Crippen molar-refractivity contribution in [2.24, 2.45) is 0 Å². The molecule has 0 saturated carbocycles. The number of carbonyl (C=O) groups excluding carboxylic acids is 1. The van der Waals surface area contributed by atoms with Crippen molar-refractivity contribution in [2.45, 2.75) is 13.3 Å². The van der Waals surface area contributed by atoms with E-state index in [0.29, 0.717) is 24.2 Å². The Morgan fingerprint density at radius 1 is 1.22 bits per heavy atom. The van der Waals surface area contributed by atoms with Crippen LogP contribution in [0.2, 0.25) is 0 Å². The second-order valence-corrected chi connectivity index (χ2v) is 6.15. The van der Waals surface area contributed by atoms with E-state index in [1.807, 2.05) is 6.92 Å². The maximum Gasteiger partial charge on any atom is 0.292 e. The number of hydrogen-bond donors (Lipinski definition) is 3. The van der Waals surface area contributed by atoms with Gasteiger partial charge in [-0.3, -0.25) is 14.9 Å². The van der Waals surface area contributed by atoms with Crippen molar-refractivity contribution >= 4 is 28.2 Å². The molecular weight excluding hydrogens is 351 g/mol. The third kappa shape index (κ3) is 4.22. The van der Waals surface area contributed by atoms with Gasteiger partial charge in [-0.1, -0.05) is 12.1 Å². The molecule has 3 N–H and O–H groups in total. The lowest BCUT2D eigenvalue weighted by atomic mass is 10.1. The lowest BCUT2D eigenvalue weighted by Gasteiger charge is -2.08. The Labute approximate surface area is 154 Å². The molecule has 7 nitrogen and oxygen atoms in total. The highest BCUT2D eigenvalue weighted by Crippen LogP contribution is 2.24. The van der Waals surface area contributed by atoms with Crippen molar-refractivity contribution in [1.29, 1.82) is 0 Å². The number of nitrogens with zero attached hydrogens (tertiary/aromatic N) is 1. The summed E-state index contributed by atoms with van der Waals surface area (Å²) < 4.78 is 13.5. The van der Waals surface area contributed by atoms with Gasteiger partial charge >= 0.3 is 0 Å². The maximum atomic E-state index is 13.5. The number of nitro groups is 1. The Bertz CT molecular complexity index is 1000. The molecule has 0 aliphatic rings. The van der Waals surface area contributed by atoms with Gasteiger partial charge in [0.2, 0.25) is 5.91 Å². The Morgan fingerprint density at radius 2 is 2.00 bits per heavy atom. The van der Waals surface area contributed by atoms with Crippen molar-refractivity contribution in [2.75, 3.05) is 18.4 Å². The molecule has 0 spiro atoms. The first-order chi connectivity index (χ1) is 13.0. The zero-order valence-electron chi connectivity index (χ0n) is 14.7. The number of benzene rings is 2. The van der Waals surface area contributed by atoms with Crippen LogP contribution in [0.25, 0.3) is 10.9 Å². The summed E-state index contributed by atoms with van der Waals surface area (Å²) in [4.78, 5) is 25.9. The molecule has 0 atom stereocenters. The van der Waals surface area contributed by atoms with E-state index in [1.165, 1.54) is 18.2 Å². The number of aromatic amines is 1. The SMILES string of the molecule is Cc1[nH]c2ccc(F)cc2c1CC(=O)NCCNc1ccccc1[N+](=O)[O-]. The normalized spacial score (nSPS) is 10.7. The quantitative estimate of drug-likeness (QED) is 0.337. The van der Waals surface area contributed by atoms with Crippen LogP contribution in [0.15, 0.2) is 42.5 Å². The van der Waals surface area contributed by atoms with Crippen molar-refractivity contribution in [3.8, 4) is 0 Å². The van der Waals surface area contributed by atoms with Crippen LogP contribution in [0.3, 0.4) is 0 Å². The van der Waals surface area contributed by atoms with Crippen LogP contribution in [-0.2, 0) is 11.2 Å². The van der Waals surface area contributed by atoms with Crippen LogP contribution < -0.4 is 10.6 Å². The highest BCUT2D eigenvalue weighted by Gasteiger charge is 2.14. The molecule has 1 amide bonds. The second kappa shape index (κ2) is 7.86. The van der Waals surface area contributed by atoms with Gasteiger partial charge in [-0.2, -0.15) is 0 Å². The number of halogens is 1. The summed E-state index contributed by atoms with van der Waals surface area (Å²) in [5.74, 6) is -0.551. The molecule has 3 aromatic rings. The molecule has 27 heavy (non-hydrogen) atoms. The van der Waals surface area contributed by atoms with Gasteiger partial charge < -0.3 is 15.6 Å². The van der Waals surface area contributed by atoms with E-state index < -0.39 is 4.92 Å². The predicted molar refractivity (Wildman–Crippen MR) is 101 cm³/mol. The van der Waals surface area contributed by atoms with E-state index >= 15 is 0 Å². The molecule has 3 rings (SSSR count). The molecule has 0 unspecified atom stereocenters. The number of para-hydroxylation sites is 2. The minimum Gasteiger partial charge on any atom is -0.378 e. The monoisotopic (exact) mass is 370 g/mol. The molecule has 0 radical (unpaired) electrons. The van der Waals surface area contributed by atoms with Crippen molar-refractivity contribution in [3.05, 3.63) is 69.7 Å². The molecule has 0 fully saturated rings. The summed E-state index contributed by atoms with van der Waals surface area (Å²) >= 11 is 0. The first kappa shape index (κ1) is 18.4. The number of amides is 1. The van der Waals surface area contributed by atoms with E-state index in [2.05, 4.69) is 15.6 Å². The maximum absolute atomic E-state index is 13.5. The predicted octanol–water partition coefficient (Wildman–Crippen LogP) is 3.29. The number of H-pyrrole nitrogens is 1. The lowest BCUT2D eigenvalue weighted by molar-refractivity contribution is -0.384. The second-order valence-electron chi connectivity index (χ2n) is 6.15. The van der Waals surface area contributed by atoms with E-state index in [-0.39, 0.29) is 23.8 Å². The van der Waals surface area contributed by atoms with Crippen LogP contribution in [0, 0.1) is 22.9 Å². The standard InChI is InChI=1S/C19H19FN4O3/c1-12-14(15-10-13(20)6-7-16(15)23-12)11-19(25)22-9-8-21-17-4-2-3-5-18(17)24(26)27/h2-7,10,21,23H,8-9,11H2,1H3,(H,22,25). The molecule has 140 valence electrons. The number of nitrogens with one attached hydrogen (secondary N) is 3. The summed E-state index contributed by atoms with van der Waals surface area (Å²) in [7, 11) is 0. The summed E-state index contributed by atoms with van der Waals surface area (Å²) in [5.41, 5.74) is 2.76. The average Bonchev–Trinajstić information content (AvgIpc) is 2.94. The molecule has 1 heterocycles. The Hall–Kier alpha value is -3.42. The fraction of sp³-hybridized carbons (Fsp3) is 0.211. The van der Waals surface area contributed by atoms with Crippen molar-refractivity contribution in [3.63, 3.8) is 0 Å². The minimum atomic E-state index is -0.458. The Kier molecular flexibility index (Phi) is 5.35. The van der Waals surface area contributed by atoms with Crippen molar-refractivity contribution < 1.29 is 14.1 Å². The topological polar surface area (TPSA) is 100 Å². The summed E-state index contributed by atoms with van der Waals surface area (Å²) in [5, 5.41) is 17.4. The van der Waals surface area contributed by atoms with Gasteiger partial charge in [0.1, 0.15) is 11.5 Å². The number of nitro benzene ring substituents is 1. The zero-order valence-corrected chi connectivity index (χ0v) is 14.7. The first-order valence-corrected chi connectivity index (χ1v) is 8.46. The molecule has 2 aromatic carbocycles. The van der Waals surface area contributed by atoms with Gasteiger partial charge in [0, 0.05) is 35.8 Å². The molecule has 1 aromatic heterocycles. The van der Waals surface area contributed by atoms with E-state index in [1.54, 1.807) is 24.3 Å². The van der Waals surface area contributed by atoms with Crippen molar-refractivity contribution in [1.82, 2.24) is 10.3 Å². The van der Waals surface area contributed by atoms with Gasteiger partial charge in [0.15, 0.2) is 0 Å². The van der Waals surface area contributed by atoms with Crippen LogP contribution in [0.4, 0.5) is 15.8 Å². The van der Waals surface area contributed by atoms with Gasteiger partial charge in [0.05, 0.1) is 11.3 Å². The van der Waals surface area contributed by atoms with Gasteiger partial charge in [0.25, 0.3) is 5.69 Å². The van der Waals surface area contributed by atoms with Gasteiger partial charge in [-0.15, -0.1) is 0 Å². The summed E-state index contributed by atoms with van der Waals surface area (Å²) in [6.45, 7) is 2.50. The molecule has 0 aliphatic carbocycles. The van der Waals surface area contributed by atoms with E-state index in [4.69, 9.17) is 0 Å². The average molecular weight is 370 g/mol. The molecular formula is C19H19FN4O3. The molecule has 0 bridgehead atoms. The molecule has 0 saturated heterocycles. The Morgan fingerprint density at radius 3 is 2.78 bits per heavy atom. The fourth-order valence-corrected chi connectivity index (χ4v) is 2.99. The number of fused-ring (bicyclic) bond motifs is 1. The molecule has 8 heteroatoms. The highest BCUT2D eigenvalue weighted by atomic mass is 19.1. The zero-order chi connectivity index (χ0) is 19.4. The van der Waals surface area contributed by atoms with E-state index in [9.17, 15) is 19.3 Å². The third-order valence-electron chi connectivity index (χ3n) is 4.28. The number of carbonyl (C=O) groups is 1. The van der Waals surface area contributed by atoms with Gasteiger partial charge in [-0.25, -0.2) is 4.39 Å². The van der Waals surface area contributed by atoms with Gasteiger partial charge in [-0.05, 0) is 36.8 Å². The van der Waals surface area contributed by atoms with Crippen LogP contribution >= 0.6 is 0 Å². The smallest absolute Gasteiger partial charge is 0.292 e. The third-order valence-corrected chi connectivity index (χ3v) is 4.28. The number of hydrogen-bond acceptors (Lipinski definition) is 4. The van der Waals surface area contributed by atoms with E-state index in [0.717, 1.165) is 16.8 Å². The first-order valence-electron chi connectivity index (χ1n) is 8.46. The minimum absolute atomic E-state index is 0.0136. The number of rotatable bonds is 7. The lowest BCUT2D eigenvalue weighted by Crippen LogP contribution is -2.30. The van der Waals surface area contributed by atoms with Crippen LogP contribution in [0.5, 0.6) is 0 Å². The number of aryl methyl sites for hydroxylation is 1. The highest BCUT2D eigenvalue weighted by molar-refractivity contribution is 5.90. The fourth-order valence-electron chi connectivity index (χ4n) is 2.99. The van der Waals surface area contributed by atoms with Crippen LogP contribution in [0.1, 0.15) is 11.3 Å². The number of anilines is 1. The van der Waals surface area contributed by atoms with Crippen LogP contribution in [-0.4, -0.2) is 28.9 Å². The largest absolute Gasteiger partial charge is 0.378 e. The summed E-state index contributed by atoms with van der Waals surface area (Å²) in [6.07, 6.45) is 0.126. The molecule has 0 aliphatic heterocycles. The summed E-state index contributed by atoms with van der Waals surface area (Å²) in [6, 6.07) is 10.8.